The highest BCUT2D eigenvalue weighted by Crippen LogP contribution is 2.45. The highest BCUT2D eigenvalue weighted by molar-refractivity contribution is 6.10. The summed E-state index contributed by atoms with van der Waals surface area (Å²) < 4.78 is 2.40. The summed E-state index contributed by atoms with van der Waals surface area (Å²) in [6.45, 7) is 0. The monoisotopic (exact) mass is 881 g/mol. The quantitative estimate of drug-likeness (QED) is 0.128. The van der Waals surface area contributed by atoms with Crippen LogP contribution in [-0.4, -0.2) is 4.57 Å². The molecule has 0 atom stereocenters. The van der Waals surface area contributed by atoms with Crippen LogP contribution in [0.25, 0.3) is 72.0 Å². The molecule has 0 bridgehead atoms. The van der Waals surface area contributed by atoms with Gasteiger partial charge in [0.15, 0.2) is 0 Å². The molecular weight excluding hydrogens is 835 g/mol. The lowest BCUT2D eigenvalue weighted by atomic mass is 9.99. The van der Waals surface area contributed by atoms with Crippen LogP contribution in [-0.2, 0) is 0 Å². The van der Waals surface area contributed by atoms with Crippen LogP contribution in [0.4, 0.5) is 34.1 Å². The molecule has 1 heterocycles. The van der Waals surface area contributed by atoms with Gasteiger partial charge < -0.3 is 14.4 Å². The van der Waals surface area contributed by atoms with Crippen molar-refractivity contribution in [1.29, 1.82) is 0 Å². The lowest BCUT2D eigenvalue weighted by molar-refractivity contribution is 1.18. The van der Waals surface area contributed by atoms with E-state index in [2.05, 4.69) is 299 Å². The maximum atomic E-state index is 2.40. The Morgan fingerprint density at radius 3 is 1.01 bits per heavy atom. The molecule has 326 valence electrons. The second kappa shape index (κ2) is 18.2. The zero-order chi connectivity index (χ0) is 45.9. The van der Waals surface area contributed by atoms with Crippen LogP contribution in [0, 0.1) is 0 Å². The average molecular weight is 882 g/mol. The normalized spacial score (nSPS) is 11.2. The molecule has 0 spiro atoms. The third-order valence-corrected chi connectivity index (χ3v) is 13.2. The standard InChI is InChI=1S/C66H47N3/c1-6-18-48(19-7-1)51-30-37-58(38-31-51)67(56-24-12-4-13-25-56)61-44-55(45-62(47-61)68(57-26-14-5-15-27-57)59-39-32-52(33-40-59)49-20-8-2-9-21-49)54-36-43-66-64(46-54)63-28-16-17-29-65(63)69(66)60-41-34-53(35-42-60)50-22-10-3-11-23-50/h1-47H. The maximum Gasteiger partial charge on any atom is 0.0541 e. The summed E-state index contributed by atoms with van der Waals surface area (Å²) in [5.41, 5.74) is 19.2. The minimum atomic E-state index is 1.05. The van der Waals surface area contributed by atoms with Gasteiger partial charge >= 0.3 is 0 Å². The largest absolute Gasteiger partial charge is 0.310 e. The lowest BCUT2D eigenvalue weighted by Crippen LogP contribution is -2.13. The van der Waals surface area contributed by atoms with Crippen molar-refractivity contribution in [3.63, 3.8) is 0 Å². The molecule has 0 saturated carbocycles. The number of fused-ring (bicyclic) bond motifs is 3. The van der Waals surface area contributed by atoms with Gasteiger partial charge in [-0.25, -0.2) is 0 Å². The van der Waals surface area contributed by atoms with Crippen molar-refractivity contribution in [3.8, 4) is 50.2 Å². The Balaban J connectivity index is 1.05. The highest BCUT2D eigenvalue weighted by Gasteiger charge is 2.21. The molecule has 0 amide bonds. The molecule has 12 aromatic rings. The van der Waals surface area contributed by atoms with E-state index in [4.69, 9.17) is 0 Å². The number of rotatable bonds is 11. The van der Waals surface area contributed by atoms with Gasteiger partial charge in [0, 0.05) is 50.6 Å². The third-order valence-electron chi connectivity index (χ3n) is 13.2. The molecule has 0 saturated heterocycles. The molecule has 0 radical (unpaired) electrons. The first-order chi connectivity index (χ1) is 34.2. The van der Waals surface area contributed by atoms with Gasteiger partial charge in [-0.15, -0.1) is 0 Å². The van der Waals surface area contributed by atoms with Crippen molar-refractivity contribution < 1.29 is 0 Å². The first-order valence-corrected chi connectivity index (χ1v) is 23.6. The van der Waals surface area contributed by atoms with Crippen molar-refractivity contribution >= 4 is 55.9 Å². The van der Waals surface area contributed by atoms with E-state index in [1.807, 2.05) is 0 Å². The van der Waals surface area contributed by atoms with Gasteiger partial charge in [-0.1, -0.05) is 188 Å². The van der Waals surface area contributed by atoms with Crippen LogP contribution in [0.3, 0.4) is 0 Å². The Labute approximate surface area is 403 Å². The Hall–Kier alpha value is -9.18. The molecule has 11 aromatic carbocycles. The number of benzene rings is 11. The molecule has 3 nitrogen and oxygen atoms in total. The Morgan fingerprint density at radius 2 is 0.551 bits per heavy atom. The van der Waals surface area contributed by atoms with E-state index in [-0.39, 0.29) is 0 Å². The predicted molar refractivity (Wildman–Crippen MR) is 292 cm³/mol. The molecule has 1 aromatic heterocycles. The summed E-state index contributed by atoms with van der Waals surface area (Å²) in [5, 5.41) is 2.42. The minimum Gasteiger partial charge on any atom is -0.310 e. The van der Waals surface area contributed by atoms with Gasteiger partial charge in [0.25, 0.3) is 0 Å². The van der Waals surface area contributed by atoms with E-state index in [0.29, 0.717) is 0 Å². The van der Waals surface area contributed by atoms with Gasteiger partial charge in [0.2, 0.25) is 0 Å². The van der Waals surface area contributed by atoms with Crippen LogP contribution < -0.4 is 9.80 Å². The fraction of sp³-hybridized carbons (Fsp3) is 0. The highest BCUT2D eigenvalue weighted by atomic mass is 15.2. The van der Waals surface area contributed by atoms with E-state index in [1.165, 1.54) is 49.7 Å². The summed E-state index contributed by atoms with van der Waals surface area (Å²) in [4.78, 5) is 4.76. The molecule has 12 rings (SSSR count). The molecule has 69 heavy (non-hydrogen) atoms. The Kier molecular flexibility index (Phi) is 10.9. The minimum absolute atomic E-state index is 1.05. The van der Waals surface area contributed by atoms with Gasteiger partial charge in [-0.3, -0.25) is 0 Å². The molecule has 0 N–H and O–H groups in total. The number of aromatic nitrogens is 1. The predicted octanol–water partition coefficient (Wildman–Crippen LogP) is 18.4. The summed E-state index contributed by atoms with van der Waals surface area (Å²) in [5.74, 6) is 0. The summed E-state index contributed by atoms with van der Waals surface area (Å²) in [6.07, 6.45) is 0. The second-order valence-electron chi connectivity index (χ2n) is 17.4. The van der Waals surface area contributed by atoms with Gasteiger partial charge in [0.05, 0.1) is 11.0 Å². The number of hydrogen-bond donors (Lipinski definition) is 0. The third kappa shape index (κ3) is 8.13. The average Bonchev–Trinajstić information content (AvgIpc) is 3.76. The summed E-state index contributed by atoms with van der Waals surface area (Å²) in [7, 11) is 0. The van der Waals surface area contributed by atoms with Crippen molar-refractivity contribution in [2.24, 2.45) is 0 Å². The second-order valence-corrected chi connectivity index (χ2v) is 17.4. The molecule has 3 heteroatoms. The van der Waals surface area contributed by atoms with E-state index < -0.39 is 0 Å². The zero-order valence-corrected chi connectivity index (χ0v) is 38.0. The number of anilines is 6. The Bertz CT molecular complexity index is 3520. The van der Waals surface area contributed by atoms with E-state index in [9.17, 15) is 0 Å². The van der Waals surface area contributed by atoms with Crippen molar-refractivity contribution in [2.45, 2.75) is 0 Å². The van der Waals surface area contributed by atoms with E-state index in [0.717, 1.165) is 56.5 Å². The van der Waals surface area contributed by atoms with Crippen LogP contribution in [0.15, 0.2) is 285 Å². The van der Waals surface area contributed by atoms with Crippen LogP contribution >= 0.6 is 0 Å². The summed E-state index contributed by atoms with van der Waals surface area (Å²) in [6, 6.07) is 103. The van der Waals surface area contributed by atoms with Crippen LogP contribution in [0.1, 0.15) is 0 Å². The topological polar surface area (TPSA) is 11.4 Å². The molecule has 0 aliphatic rings. The fourth-order valence-electron chi connectivity index (χ4n) is 9.80. The van der Waals surface area contributed by atoms with Gasteiger partial charge in [-0.05, 0) is 142 Å². The van der Waals surface area contributed by atoms with Crippen LogP contribution in [0.5, 0.6) is 0 Å². The first-order valence-electron chi connectivity index (χ1n) is 23.6. The first kappa shape index (κ1) is 41.3. The molecule has 0 aliphatic carbocycles. The molecular formula is C66H47N3. The SMILES string of the molecule is c1ccc(-c2ccc(N(c3ccccc3)c3cc(-c4ccc5c(c4)c4ccccc4n5-c4ccc(-c5ccccc5)cc4)cc(N(c4ccccc4)c4ccc(-c5ccccc5)cc4)c3)cc2)cc1. The smallest absolute Gasteiger partial charge is 0.0541 e. The molecule has 0 fully saturated rings. The number of hydrogen-bond acceptors (Lipinski definition) is 2. The number of para-hydroxylation sites is 3. The zero-order valence-electron chi connectivity index (χ0n) is 38.0. The van der Waals surface area contributed by atoms with Gasteiger partial charge in [-0.2, -0.15) is 0 Å². The Morgan fingerprint density at radius 1 is 0.203 bits per heavy atom. The summed E-state index contributed by atoms with van der Waals surface area (Å²) >= 11 is 0. The fourth-order valence-corrected chi connectivity index (χ4v) is 9.80. The number of nitrogens with zero attached hydrogens (tertiary/aromatic N) is 3. The maximum absolute atomic E-state index is 2.40. The molecule has 0 aliphatic heterocycles. The van der Waals surface area contributed by atoms with Crippen molar-refractivity contribution in [2.75, 3.05) is 9.80 Å². The van der Waals surface area contributed by atoms with Crippen molar-refractivity contribution in [3.05, 3.63) is 285 Å². The van der Waals surface area contributed by atoms with Gasteiger partial charge in [0.1, 0.15) is 0 Å². The van der Waals surface area contributed by atoms with Crippen molar-refractivity contribution in [1.82, 2.24) is 4.57 Å². The lowest BCUT2D eigenvalue weighted by Gasteiger charge is -2.30. The van der Waals surface area contributed by atoms with E-state index in [1.54, 1.807) is 0 Å². The van der Waals surface area contributed by atoms with Crippen LogP contribution in [0.2, 0.25) is 0 Å². The van der Waals surface area contributed by atoms with E-state index >= 15 is 0 Å². The molecule has 0 unspecified atom stereocenters.